The number of carbonyl (C=O) groups is 1. The summed E-state index contributed by atoms with van der Waals surface area (Å²) < 4.78 is 5.51. The molecular formula is C18H18ClN5O4S. The molecule has 29 heavy (non-hydrogen) atoms. The Kier molecular flexibility index (Phi) is 6.55. The molecule has 0 radical (unpaired) electrons. The van der Waals surface area contributed by atoms with Crippen molar-refractivity contribution in [3.63, 3.8) is 0 Å². The van der Waals surface area contributed by atoms with E-state index in [1.54, 1.807) is 25.1 Å². The molecule has 1 aromatic carbocycles. The first-order valence-corrected chi connectivity index (χ1v) is 10.0. The highest BCUT2D eigenvalue weighted by atomic mass is 35.5. The zero-order valence-electron chi connectivity index (χ0n) is 15.7. The molecule has 0 saturated carbocycles. The third kappa shape index (κ3) is 5.36. The van der Waals surface area contributed by atoms with Crippen LogP contribution in [-0.4, -0.2) is 31.8 Å². The van der Waals surface area contributed by atoms with Crippen LogP contribution in [0.3, 0.4) is 0 Å². The van der Waals surface area contributed by atoms with Crippen LogP contribution in [0.15, 0.2) is 37.4 Å². The highest BCUT2D eigenvalue weighted by Gasteiger charge is 2.13. The maximum atomic E-state index is 12.1. The number of anilines is 1. The van der Waals surface area contributed by atoms with Crippen LogP contribution in [0.1, 0.15) is 22.7 Å². The van der Waals surface area contributed by atoms with Crippen molar-refractivity contribution in [3.05, 3.63) is 66.8 Å². The Morgan fingerprint density at radius 1 is 1.21 bits per heavy atom. The number of nitrogens with zero attached hydrogens (tertiary/aromatic N) is 2. The van der Waals surface area contributed by atoms with E-state index in [9.17, 15) is 14.4 Å². The third-order valence-corrected chi connectivity index (χ3v) is 5.39. The molecule has 0 saturated heterocycles. The molecule has 1 amide bonds. The van der Waals surface area contributed by atoms with E-state index in [0.717, 1.165) is 17.3 Å². The molecule has 3 aromatic rings. The largest absolute Gasteiger partial charge is 0.416 e. The molecule has 152 valence electrons. The standard InChI is InChI=1S/C18H18ClN5O4S/c1-9-12(19)4-3-5-13(9)21-14(25)8-29-18-24-23-15(28-18)7-6-11-10(2)20-17(27)22-16(11)26/h3-5H,6-8H2,1-2H3,(H,21,25)(H2,20,22,26,27). The minimum absolute atomic E-state index is 0.0896. The van der Waals surface area contributed by atoms with Gasteiger partial charge < -0.3 is 14.7 Å². The van der Waals surface area contributed by atoms with E-state index in [4.69, 9.17) is 16.0 Å². The number of rotatable bonds is 7. The summed E-state index contributed by atoms with van der Waals surface area (Å²) in [7, 11) is 0. The van der Waals surface area contributed by atoms with Crippen LogP contribution in [0.4, 0.5) is 5.69 Å². The van der Waals surface area contributed by atoms with E-state index in [0.29, 0.717) is 40.7 Å². The van der Waals surface area contributed by atoms with Gasteiger partial charge in [0, 0.05) is 28.4 Å². The Morgan fingerprint density at radius 3 is 2.76 bits per heavy atom. The number of amides is 1. The maximum Gasteiger partial charge on any atom is 0.325 e. The monoisotopic (exact) mass is 435 g/mol. The Labute approximate surface area is 174 Å². The first-order valence-electron chi connectivity index (χ1n) is 8.65. The number of aromatic nitrogens is 4. The summed E-state index contributed by atoms with van der Waals surface area (Å²) in [5.41, 5.74) is 1.41. The minimum Gasteiger partial charge on any atom is -0.416 e. The van der Waals surface area contributed by atoms with Gasteiger partial charge in [-0.2, -0.15) is 0 Å². The van der Waals surface area contributed by atoms with Crippen LogP contribution in [0.2, 0.25) is 5.02 Å². The lowest BCUT2D eigenvalue weighted by Crippen LogP contribution is -2.27. The molecule has 0 aliphatic carbocycles. The van der Waals surface area contributed by atoms with Gasteiger partial charge in [-0.15, -0.1) is 10.2 Å². The van der Waals surface area contributed by atoms with Gasteiger partial charge in [0.2, 0.25) is 11.8 Å². The highest BCUT2D eigenvalue weighted by molar-refractivity contribution is 7.99. The van der Waals surface area contributed by atoms with Crippen LogP contribution in [0, 0.1) is 13.8 Å². The number of H-pyrrole nitrogens is 2. The fraction of sp³-hybridized carbons (Fsp3) is 0.278. The summed E-state index contributed by atoms with van der Waals surface area (Å²) in [6.45, 7) is 3.48. The van der Waals surface area contributed by atoms with E-state index >= 15 is 0 Å². The molecular weight excluding hydrogens is 418 g/mol. The molecule has 3 rings (SSSR count). The molecule has 0 aliphatic rings. The molecule has 11 heteroatoms. The van der Waals surface area contributed by atoms with E-state index in [-0.39, 0.29) is 16.9 Å². The van der Waals surface area contributed by atoms with Crippen LogP contribution in [-0.2, 0) is 17.6 Å². The van der Waals surface area contributed by atoms with Crippen molar-refractivity contribution >= 4 is 35.0 Å². The maximum absolute atomic E-state index is 12.1. The Bertz CT molecular complexity index is 1150. The van der Waals surface area contributed by atoms with Gasteiger partial charge in [0.1, 0.15) is 0 Å². The minimum atomic E-state index is -0.543. The lowest BCUT2D eigenvalue weighted by Gasteiger charge is -2.08. The Morgan fingerprint density at radius 2 is 2.00 bits per heavy atom. The number of aryl methyl sites for hydroxylation is 2. The fourth-order valence-corrected chi connectivity index (χ4v) is 3.37. The quantitative estimate of drug-likeness (QED) is 0.484. The Balaban J connectivity index is 1.54. The molecule has 9 nitrogen and oxygen atoms in total. The number of carbonyl (C=O) groups excluding carboxylic acids is 1. The SMILES string of the molecule is Cc1[nH]c(=O)[nH]c(=O)c1CCc1nnc(SCC(=O)Nc2cccc(Cl)c2C)o1. The van der Waals surface area contributed by atoms with Crippen molar-refractivity contribution in [2.24, 2.45) is 0 Å². The summed E-state index contributed by atoms with van der Waals surface area (Å²) in [5.74, 6) is 0.200. The van der Waals surface area contributed by atoms with Crippen LogP contribution in [0.5, 0.6) is 0 Å². The van der Waals surface area contributed by atoms with Gasteiger partial charge in [-0.1, -0.05) is 29.4 Å². The van der Waals surface area contributed by atoms with E-state index in [1.807, 2.05) is 6.92 Å². The summed E-state index contributed by atoms with van der Waals surface area (Å²) in [5, 5.41) is 11.4. The zero-order valence-corrected chi connectivity index (χ0v) is 17.2. The van der Waals surface area contributed by atoms with Crippen molar-refractivity contribution in [2.75, 3.05) is 11.1 Å². The van der Waals surface area contributed by atoms with Crippen LogP contribution >= 0.6 is 23.4 Å². The van der Waals surface area contributed by atoms with Gasteiger partial charge in [-0.25, -0.2) is 4.79 Å². The second kappa shape index (κ2) is 9.10. The summed E-state index contributed by atoms with van der Waals surface area (Å²) in [4.78, 5) is 40.0. The summed E-state index contributed by atoms with van der Waals surface area (Å²) >= 11 is 7.15. The number of hydrogen-bond donors (Lipinski definition) is 3. The van der Waals surface area contributed by atoms with Crippen molar-refractivity contribution in [1.82, 2.24) is 20.2 Å². The van der Waals surface area contributed by atoms with Crippen molar-refractivity contribution < 1.29 is 9.21 Å². The van der Waals surface area contributed by atoms with Crippen molar-refractivity contribution in [2.45, 2.75) is 31.9 Å². The van der Waals surface area contributed by atoms with E-state index in [2.05, 4.69) is 25.5 Å². The molecule has 0 fully saturated rings. The summed E-state index contributed by atoms with van der Waals surface area (Å²) in [6, 6.07) is 5.29. The van der Waals surface area contributed by atoms with Gasteiger partial charge in [0.05, 0.1) is 5.75 Å². The highest BCUT2D eigenvalue weighted by Crippen LogP contribution is 2.23. The number of thioether (sulfide) groups is 1. The second-order valence-corrected chi connectivity index (χ2v) is 7.56. The predicted octanol–water partition coefficient (Wildman–Crippen LogP) is 2.23. The number of benzene rings is 1. The zero-order chi connectivity index (χ0) is 21.0. The van der Waals surface area contributed by atoms with Crippen molar-refractivity contribution in [3.8, 4) is 0 Å². The predicted molar refractivity (Wildman–Crippen MR) is 110 cm³/mol. The molecule has 0 unspecified atom stereocenters. The van der Waals surface area contributed by atoms with Gasteiger partial charge in [0.15, 0.2) is 0 Å². The molecule has 3 N–H and O–H groups in total. The molecule has 0 aliphatic heterocycles. The second-order valence-electron chi connectivity index (χ2n) is 6.22. The smallest absolute Gasteiger partial charge is 0.325 e. The lowest BCUT2D eigenvalue weighted by molar-refractivity contribution is -0.113. The molecule has 2 heterocycles. The molecule has 0 atom stereocenters. The normalized spacial score (nSPS) is 10.9. The topological polar surface area (TPSA) is 134 Å². The van der Waals surface area contributed by atoms with Gasteiger partial charge in [-0.3, -0.25) is 14.6 Å². The van der Waals surface area contributed by atoms with Gasteiger partial charge >= 0.3 is 5.69 Å². The van der Waals surface area contributed by atoms with E-state index < -0.39 is 11.2 Å². The van der Waals surface area contributed by atoms with E-state index in [1.165, 1.54) is 0 Å². The number of halogens is 1. The average molecular weight is 436 g/mol. The summed E-state index contributed by atoms with van der Waals surface area (Å²) in [6.07, 6.45) is 0.663. The molecule has 0 spiro atoms. The number of hydrogen-bond acceptors (Lipinski definition) is 7. The molecule has 0 bridgehead atoms. The van der Waals surface area contributed by atoms with Crippen LogP contribution in [0.25, 0.3) is 0 Å². The number of aromatic amines is 2. The fourth-order valence-electron chi connectivity index (χ4n) is 2.61. The first kappa shape index (κ1) is 20.9. The molecule has 2 aromatic heterocycles. The average Bonchev–Trinajstić information content (AvgIpc) is 3.11. The van der Waals surface area contributed by atoms with Gasteiger partial charge in [0.25, 0.3) is 10.8 Å². The van der Waals surface area contributed by atoms with Gasteiger partial charge in [-0.05, 0) is 38.0 Å². The number of nitrogens with one attached hydrogen (secondary N) is 3. The lowest BCUT2D eigenvalue weighted by atomic mass is 10.1. The van der Waals surface area contributed by atoms with Crippen molar-refractivity contribution in [1.29, 1.82) is 0 Å². The Hall–Kier alpha value is -2.85. The third-order valence-electron chi connectivity index (χ3n) is 4.16. The first-order chi connectivity index (χ1) is 13.8. The van der Waals surface area contributed by atoms with Crippen LogP contribution < -0.4 is 16.6 Å².